The number of Topliss-reactive ketones (excluding diaryl/α,β-unsaturated/α-hetero) is 1. The van der Waals surface area contributed by atoms with Crippen LogP contribution in [0.15, 0.2) is 90.3 Å². The third-order valence-corrected chi connectivity index (χ3v) is 13.5. The Morgan fingerprint density at radius 1 is 0.889 bits per heavy atom. The fourth-order valence-corrected chi connectivity index (χ4v) is 9.49. The van der Waals surface area contributed by atoms with E-state index in [0.717, 1.165) is 54.5 Å². The molecule has 2 N–H and O–H groups in total. The highest BCUT2D eigenvalue weighted by molar-refractivity contribution is 7.09. The van der Waals surface area contributed by atoms with Crippen molar-refractivity contribution in [2.45, 2.75) is 124 Å². The molecule has 2 amide bonds. The number of hydrogen-bond donors (Lipinski definition) is 2. The topological polar surface area (TPSA) is 146 Å². The molecule has 2 heterocycles. The molecule has 0 radical (unpaired) electrons. The first-order valence-corrected chi connectivity index (χ1v) is 23.4. The van der Waals surface area contributed by atoms with Gasteiger partial charge in [-0.3, -0.25) is 28.9 Å². The third-order valence-electron chi connectivity index (χ3n) is 12.6. The molecule has 1 aliphatic heterocycles. The minimum absolute atomic E-state index is 0.0540. The van der Waals surface area contributed by atoms with Gasteiger partial charge in [0, 0.05) is 49.7 Å². The molecule has 7 unspecified atom stereocenters. The first-order chi connectivity index (χ1) is 30.1. The Hall–Kier alpha value is -5.20. The number of esters is 1. The van der Waals surface area contributed by atoms with Gasteiger partial charge in [0.25, 0.3) is 5.91 Å². The number of nitrogens with zero attached hydrogens (tertiary/aromatic N) is 3. The van der Waals surface area contributed by atoms with E-state index in [1.165, 1.54) is 18.3 Å². The monoisotopic (exact) mass is 878 g/mol. The summed E-state index contributed by atoms with van der Waals surface area (Å²) in [5.74, 6) is -3.33. The van der Waals surface area contributed by atoms with E-state index >= 15 is 4.79 Å². The summed E-state index contributed by atoms with van der Waals surface area (Å²) in [6.07, 6.45) is 3.68. The van der Waals surface area contributed by atoms with E-state index in [0.29, 0.717) is 18.0 Å². The standard InChI is InChI=1S/C51H66N4O7S/c1-8-34(4)42(29-46(57)44-21-15-16-26-54(44)7)50(59)55(31-38-17-11-9-12-18-38)45(33(2)3)30-47(62-36(6)56)49-53-43(32-63-49)48(58)52-41(27-35(5)51(60)61)28-37-22-24-40(25-23-37)39-19-13-10-14-20-39/h9-14,17-20,22-25,32-35,41-42,44-45,47H,8,15-16,21,26-31H2,1-7H3,(H,52,58)(H,60,61). The highest BCUT2D eigenvalue weighted by Crippen LogP contribution is 2.34. The van der Waals surface area contributed by atoms with E-state index < -0.39 is 47.9 Å². The van der Waals surface area contributed by atoms with Crippen LogP contribution in [0.3, 0.4) is 0 Å². The lowest BCUT2D eigenvalue weighted by atomic mass is 9.82. The van der Waals surface area contributed by atoms with E-state index in [1.807, 2.05) is 118 Å². The average Bonchev–Trinajstić information content (AvgIpc) is 3.77. The number of carboxylic acid groups (broad SMARTS) is 1. The zero-order chi connectivity index (χ0) is 45.6. The predicted octanol–water partition coefficient (Wildman–Crippen LogP) is 9.42. The minimum atomic E-state index is -0.952. The maximum absolute atomic E-state index is 15.1. The molecule has 5 rings (SSSR count). The first kappa shape index (κ1) is 48.8. The number of aliphatic carboxylic acids is 1. The normalized spacial score (nSPS) is 17.2. The number of rotatable bonds is 22. The lowest BCUT2D eigenvalue weighted by molar-refractivity contribution is -0.150. The Morgan fingerprint density at radius 2 is 1.54 bits per heavy atom. The zero-order valence-corrected chi connectivity index (χ0v) is 38.8. The first-order valence-electron chi connectivity index (χ1n) is 22.5. The highest BCUT2D eigenvalue weighted by atomic mass is 32.1. The van der Waals surface area contributed by atoms with E-state index in [2.05, 4.69) is 17.1 Å². The van der Waals surface area contributed by atoms with Gasteiger partial charge in [0.15, 0.2) is 11.9 Å². The lowest BCUT2D eigenvalue weighted by Gasteiger charge is -2.40. The van der Waals surface area contributed by atoms with E-state index in [4.69, 9.17) is 9.72 Å². The molecule has 7 atom stereocenters. The molecule has 338 valence electrons. The van der Waals surface area contributed by atoms with Crippen molar-refractivity contribution in [1.82, 2.24) is 20.1 Å². The number of carboxylic acids is 1. The van der Waals surface area contributed by atoms with Crippen LogP contribution in [0, 0.1) is 23.7 Å². The number of thiazole rings is 1. The molecular weight excluding hydrogens is 813 g/mol. The smallest absolute Gasteiger partial charge is 0.306 e. The van der Waals surface area contributed by atoms with E-state index in [-0.39, 0.29) is 54.5 Å². The van der Waals surface area contributed by atoms with Crippen LogP contribution < -0.4 is 5.32 Å². The molecule has 3 aromatic carbocycles. The number of piperidine rings is 1. The Kier molecular flexibility index (Phi) is 18.2. The number of carbonyl (C=O) groups excluding carboxylic acids is 4. The van der Waals surface area contributed by atoms with Crippen LogP contribution in [0.4, 0.5) is 0 Å². The SMILES string of the molecule is CCC(C)C(CC(=O)C1CCCCN1C)C(=O)N(Cc1ccccc1)C(CC(OC(C)=O)c1nc(C(=O)NC(Cc2ccc(-c3ccccc3)cc2)CC(C)C(=O)O)cs1)C(C)C. The number of likely N-dealkylation sites (N-methyl/N-ethyl adjacent to an activating group) is 1. The van der Waals surface area contributed by atoms with Crippen molar-refractivity contribution in [3.63, 3.8) is 0 Å². The molecule has 11 nitrogen and oxygen atoms in total. The van der Waals surface area contributed by atoms with Crippen LogP contribution in [-0.2, 0) is 36.9 Å². The van der Waals surface area contributed by atoms with Crippen LogP contribution >= 0.6 is 11.3 Å². The average molecular weight is 879 g/mol. The number of ketones is 1. The summed E-state index contributed by atoms with van der Waals surface area (Å²) in [7, 11) is 1.99. The van der Waals surface area contributed by atoms with Crippen molar-refractivity contribution >= 4 is 40.9 Å². The van der Waals surface area contributed by atoms with Crippen molar-refractivity contribution < 1.29 is 33.8 Å². The molecule has 0 saturated carbocycles. The van der Waals surface area contributed by atoms with Crippen molar-refractivity contribution in [2.24, 2.45) is 23.7 Å². The molecule has 1 fully saturated rings. The van der Waals surface area contributed by atoms with Gasteiger partial charge in [-0.05, 0) is 73.4 Å². The fourth-order valence-electron chi connectivity index (χ4n) is 8.65. The summed E-state index contributed by atoms with van der Waals surface area (Å²) in [4.78, 5) is 76.4. The van der Waals surface area contributed by atoms with Crippen molar-refractivity contribution in [1.29, 1.82) is 0 Å². The molecule has 4 aromatic rings. The second-order valence-electron chi connectivity index (χ2n) is 17.7. The maximum atomic E-state index is 15.1. The number of aromatic nitrogens is 1. The molecule has 1 aliphatic rings. The van der Waals surface area contributed by atoms with Crippen LogP contribution in [-0.4, -0.2) is 81.1 Å². The van der Waals surface area contributed by atoms with Gasteiger partial charge in [0.2, 0.25) is 5.91 Å². The summed E-state index contributed by atoms with van der Waals surface area (Å²) in [6.45, 7) is 12.3. The molecule has 12 heteroatoms. The van der Waals surface area contributed by atoms with Gasteiger partial charge in [-0.2, -0.15) is 0 Å². The molecule has 0 bridgehead atoms. The summed E-state index contributed by atoms with van der Waals surface area (Å²) < 4.78 is 5.97. The molecule has 63 heavy (non-hydrogen) atoms. The largest absolute Gasteiger partial charge is 0.481 e. The second-order valence-corrected chi connectivity index (χ2v) is 18.6. The predicted molar refractivity (Wildman–Crippen MR) is 248 cm³/mol. The van der Waals surface area contributed by atoms with E-state index in [1.54, 1.807) is 12.3 Å². The number of nitrogens with one attached hydrogen (secondary N) is 1. The van der Waals surface area contributed by atoms with Crippen LogP contribution in [0.25, 0.3) is 11.1 Å². The van der Waals surface area contributed by atoms with Crippen molar-refractivity contribution in [3.8, 4) is 11.1 Å². The van der Waals surface area contributed by atoms with Gasteiger partial charge in [0.1, 0.15) is 10.7 Å². The van der Waals surface area contributed by atoms with Gasteiger partial charge in [-0.1, -0.05) is 132 Å². The van der Waals surface area contributed by atoms with Gasteiger partial charge >= 0.3 is 11.9 Å². The van der Waals surface area contributed by atoms with Gasteiger partial charge in [-0.15, -0.1) is 11.3 Å². The molecular formula is C51H66N4O7S. The number of ether oxygens (including phenoxy) is 1. The van der Waals surface area contributed by atoms with Crippen LogP contribution in [0.1, 0.15) is 119 Å². The molecule has 0 aliphatic carbocycles. The maximum Gasteiger partial charge on any atom is 0.306 e. The molecule has 1 aromatic heterocycles. The Balaban J connectivity index is 1.40. The summed E-state index contributed by atoms with van der Waals surface area (Å²) in [5, 5.41) is 14.9. The number of amides is 2. The number of likely N-dealkylation sites (tertiary alicyclic amines) is 1. The molecule has 0 spiro atoms. The van der Waals surface area contributed by atoms with Gasteiger partial charge in [0.05, 0.1) is 12.0 Å². The zero-order valence-electron chi connectivity index (χ0n) is 38.0. The number of hydrogen-bond acceptors (Lipinski definition) is 9. The van der Waals surface area contributed by atoms with E-state index in [9.17, 15) is 24.3 Å². The van der Waals surface area contributed by atoms with Crippen LogP contribution in [0.5, 0.6) is 0 Å². The van der Waals surface area contributed by atoms with Gasteiger partial charge in [-0.25, -0.2) is 4.98 Å². The Morgan fingerprint density at radius 3 is 2.14 bits per heavy atom. The number of benzene rings is 3. The number of carbonyl (C=O) groups is 5. The van der Waals surface area contributed by atoms with Crippen molar-refractivity contribution in [2.75, 3.05) is 13.6 Å². The molecule has 1 saturated heterocycles. The quantitative estimate of drug-likeness (QED) is 0.0738. The third kappa shape index (κ3) is 13.9. The fraction of sp³-hybridized carbons (Fsp3) is 0.490. The Labute approximate surface area is 377 Å². The van der Waals surface area contributed by atoms with Crippen LogP contribution in [0.2, 0.25) is 0 Å². The summed E-state index contributed by atoms with van der Waals surface area (Å²) in [6, 6.07) is 26.7. The van der Waals surface area contributed by atoms with Crippen molar-refractivity contribution in [3.05, 3.63) is 112 Å². The Bertz CT molecular complexity index is 2110. The second kappa shape index (κ2) is 23.5. The summed E-state index contributed by atoms with van der Waals surface area (Å²) >= 11 is 1.20. The minimum Gasteiger partial charge on any atom is -0.481 e. The lowest BCUT2D eigenvalue weighted by Crippen LogP contribution is -2.49. The highest BCUT2D eigenvalue weighted by Gasteiger charge is 2.39. The van der Waals surface area contributed by atoms with Gasteiger partial charge < -0.3 is 20.1 Å². The summed E-state index contributed by atoms with van der Waals surface area (Å²) in [5.41, 5.74) is 4.15.